The first kappa shape index (κ1) is 16.8. The van der Waals surface area contributed by atoms with Crippen LogP contribution in [0.5, 0.6) is 0 Å². The van der Waals surface area contributed by atoms with E-state index >= 15 is 0 Å². The van der Waals surface area contributed by atoms with Gasteiger partial charge in [0, 0.05) is 4.70 Å². The summed E-state index contributed by atoms with van der Waals surface area (Å²) < 4.78 is 26.8. The van der Waals surface area contributed by atoms with Crippen LogP contribution in [0.25, 0.3) is 21.0 Å². The SMILES string of the molecule is O=c1[nH]c2c(S(=O)(=O)c3ccc4ccsc4c3)ccc(Cl)c2c(=O)n1O. The maximum absolute atomic E-state index is 13.1. The van der Waals surface area contributed by atoms with Gasteiger partial charge < -0.3 is 10.2 Å². The predicted octanol–water partition coefficient (Wildman–Crippen LogP) is 2.63. The Hall–Kier alpha value is -2.62. The van der Waals surface area contributed by atoms with E-state index in [4.69, 9.17) is 11.6 Å². The van der Waals surface area contributed by atoms with Crippen molar-refractivity contribution in [1.29, 1.82) is 0 Å². The Kier molecular flexibility index (Phi) is 3.69. The van der Waals surface area contributed by atoms with Crippen molar-refractivity contribution in [1.82, 2.24) is 9.71 Å². The van der Waals surface area contributed by atoms with Gasteiger partial charge in [-0.3, -0.25) is 4.79 Å². The molecule has 2 aromatic carbocycles. The Balaban J connectivity index is 2.09. The zero-order chi connectivity index (χ0) is 18.6. The van der Waals surface area contributed by atoms with Crippen LogP contribution in [0.4, 0.5) is 0 Å². The molecule has 2 N–H and O–H groups in total. The number of sulfone groups is 1. The number of halogens is 1. The number of thiophene rings is 1. The normalized spacial score (nSPS) is 12.0. The lowest BCUT2D eigenvalue weighted by molar-refractivity contribution is 0.162. The fourth-order valence-corrected chi connectivity index (χ4v) is 5.29. The number of nitrogens with one attached hydrogen (secondary N) is 1. The van der Waals surface area contributed by atoms with Crippen molar-refractivity contribution in [2.75, 3.05) is 0 Å². The number of rotatable bonds is 2. The highest BCUT2D eigenvalue weighted by atomic mass is 35.5. The van der Waals surface area contributed by atoms with Crippen LogP contribution in [0.1, 0.15) is 0 Å². The molecule has 0 saturated carbocycles. The van der Waals surface area contributed by atoms with Crippen LogP contribution in [-0.2, 0) is 9.84 Å². The predicted molar refractivity (Wildman–Crippen MR) is 98.3 cm³/mol. The maximum Gasteiger partial charge on any atom is 0.362 e. The standard InChI is InChI=1S/C16H9ClN2O5S2/c17-10-3-4-12(14-13(10)15(20)19(22)16(21)18-14)26(23,24)9-2-1-8-5-6-25-11(8)7-9/h1-7,22H,(H,18,21). The monoisotopic (exact) mass is 408 g/mol. The summed E-state index contributed by atoms with van der Waals surface area (Å²) in [7, 11) is -4.05. The van der Waals surface area contributed by atoms with Gasteiger partial charge in [-0.2, -0.15) is 0 Å². The Morgan fingerprint density at radius 1 is 1.12 bits per heavy atom. The molecular weight excluding hydrogens is 400 g/mol. The third-order valence-corrected chi connectivity index (χ3v) is 6.96. The number of aromatic amines is 1. The summed E-state index contributed by atoms with van der Waals surface area (Å²) in [6, 6.07) is 8.99. The summed E-state index contributed by atoms with van der Waals surface area (Å²) in [6.07, 6.45) is 0. The van der Waals surface area contributed by atoms with Gasteiger partial charge >= 0.3 is 5.69 Å². The Morgan fingerprint density at radius 2 is 1.88 bits per heavy atom. The molecule has 10 heteroatoms. The molecule has 7 nitrogen and oxygen atoms in total. The van der Waals surface area contributed by atoms with Gasteiger partial charge in [-0.1, -0.05) is 22.4 Å². The average Bonchev–Trinajstić information content (AvgIpc) is 3.07. The quantitative estimate of drug-likeness (QED) is 0.495. The fraction of sp³-hybridized carbons (Fsp3) is 0. The Morgan fingerprint density at radius 3 is 2.65 bits per heavy atom. The fourth-order valence-electron chi connectivity index (χ4n) is 2.70. The molecule has 0 unspecified atom stereocenters. The van der Waals surface area contributed by atoms with Crippen molar-refractivity contribution in [3.05, 3.63) is 67.6 Å². The van der Waals surface area contributed by atoms with E-state index in [0.29, 0.717) is 0 Å². The van der Waals surface area contributed by atoms with Crippen LogP contribution in [-0.4, -0.2) is 23.3 Å². The second-order valence-electron chi connectivity index (χ2n) is 5.47. The third-order valence-electron chi connectivity index (χ3n) is 3.97. The second kappa shape index (κ2) is 5.70. The zero-order valence-corrected chi connectivity index (χ0v) is 15.2. The first-order chi connectivity index (χ1) is 12.3. The van der Waals surface area contributed by atoms with Crippen LogP contribution in [0.3, 0.4) is 0 Å². The molecule has 2 aromatic heterocycles. The van der Waals surface area contributed by atoms with E-state index < -0.39 is 21.1 Å². The Labute approximate surface area is 154 Å². The zero-order valence-electron chi connectivity index (χ0n) is 12.8. The highest BCUT2D eigenvalue weighted by Crippen LogP contribution is 2.31. The summed E-state index contributed by atoms with van der Waals surface area (Å²) in [5, 5.41) is 11.9. The van der Waals surface area contributed by atoms with Gasteiger partial charge in [0.25, 0.3) is 5.56 Å². The number of H-pyrrole nitrogens is 1. The van der Waals surface area contributed by atoms with E-state index in [2.05, 4.69) is 4.98 Å². The smallest absolute Gasteiger partial charge is 0.362 e. The number of hydrogen-bond acceptors (Lipinski definition) is 6. The van der Waals surface area contributed by atoms with Crippen molar-refractivity contribution in [3.8, 4) is 0 Å². The molecule has 0 aliphatic carbocycles. The lowest BCUT2D eigenvalue weighted by Crippen LogP contribution is -2.33. The van der Waals surface area contributed by atoms with Crippen molar-refractivity contribution in [2.24, 2.45) is 0 Å². The van der Waals surface area contributed by atoms with Gasteiger partial charge in [-0.15, -0.1) is 11.3 Å². The first-order valence-electron chi connectivity index (χ1n) is 7.20. The van der Waals surface area contributed by atoms with Gasteiger partial charge in [0.05, 0.1) is 25.7 Å². The number of fused-ring (bicyclic) bond motifs is 2. The summed E-state index contributed by atoms with van der Waals surface area (Å²) in [6.45, 7) is 0. The minimum atomic E-state index is -4.05. The molecule has 4 aromatic rings. The molecule has 0 aliphatic rings. The van der Waals surface area contributed by atoms with Crippen molar-refractivity contribution >= 4 is 53.8 Å². The summed E-state index contributed by atoms with van der Waals surface area (Å²) in [5.41, 5.74) is -2.50. The van der Waals surface area contributed by atoms with Crippen LogP contribution in [0, 0.1) is 0 Å². The molecule has 0 spiro atoms. The number of aromatic nitrogens is 2. The molecule has 0 fully saturated rings. The minimum Gasteiger partial charge on any atom is -0.421 e. The molecular formula is C16H9ClN2O5S2. The lowest BCUT2D eigenvalue weighted by atomic mass is 10.2. The third kappa shape index (κ3) is 2.36. The van der Waals surface area contributed by atoms with Gasteiger partial charge in [0.15, 0.2) is 0 Å². The number of benzene rings is 2. The topological polar surface area (TPSA) is 109 Å². The van der Waals surface area contributed by atoms with E-state index in [1.807, 2.05) is 11.4 Å². The molecule has 4 rings (SSSR count). The summed E-state index contributed by atoms with van der Waals surface area (Å²) >= 11 is 7.37. The molecule has 2 heterocycles. The summed E-state index contributed by atoms with van der Waals surface area (Å²) in [5.74, 6) is 0. The van der Waals surface area contributed by atoms with Crippen molar-refractivity contribution < 1.29 is 13.6 Å². The molecule has 26 heavy (non-hydrogen) atoms. The van der Waals surface area contributed by atoms with Gasteiger partial charge in [-0.05, 0) is 41.1 Å². The van der Waals surface area contributed by atoms with Gasteiger partial charge in [0.1, 0.15) is 0 Å². The number of hydrogen-bond donors (Lipinski definition) is 2. The molecule has 0 saturated heterocycles. The molecule has 0 aliphatic heterocycles. The second-order valence-corrected chi connectivity index (χ2v) is 8.74. The molecule has 0 atom stereocenters. The van der Waals surface area contributed by atoms with Crippen LogP contribution < -0.4 is 11.2 Å². The Bertz CT molecular complexity index is 1420. The molecule has 0 amide bonds. The minimum absolute atomic E-state index is 0.0186. The van der Waals surface area contributed by atoms with E-state index in [-0.39, 0.29) is 30.4 Å². The largest absolute Gasteiger partial charge is 0.421 e. The van der Waals surface area contributed by atoms with E-state index in [1.165, 1.54) is 35.6 Å². The van der Waals surface area contributed by atoms with E-state index in [9.17, 15) is 23.2 Å². The number of nitrogens with zero attached hydrogens (tertiary/aromatic N) is 1. The maximum atomic E-state index is 13.1. The highest BCUT2D eigenvalue weighted by molar-refractivity contribution is 7.91. The van der Waals surface area contributed by atoms with Crippen LogP contribution in [0.2, 0.25) is 5.02 Å². The summed E-state index contributed by atoms with van der Waals surface area (Å²) in [4.78, 5) is 25.8. The highest BCUT2D eigenvalue weighted by Gasteiger charge is 2.24. The van der Waals surface area contributed by atoms with Crippen LogP contribution >= 0.6 is 22.9 Å². The molecule has 0 radical (unpaired) electrons. The lowest BCUT2D eigenvalue weighted by Gasteiger charge is -2.09. The average molecular weight is 409 g/mol. The van der Waals surface area contributed by atoms with Gasteiger partial charge in [-0.25, -0.2) is 13.2 Å². The van der Waals surface area contributed by atoms with Crippen molar-refractivity contribution in [2.45, 2.75) is 9.79 Å². The van der Waals surface area contributed by atoms with E-state index in [0.717, 1.165) is 10.1 Å². The first-order valence-corrected chi connectivity index (χ1v) is 9.94. The van der Waals surface area contributed by atoms with E-state index in [1.54, 1.807) is 6.07 Å². The van der Waals surface area contributed by atoms with Crippen molar-refractivity contribution in [3.63, 3.8) is 0 Å². The molecule has 0 bridgehead atoms. The van der Waals surface area contributed by atoms with Gasteiger partial charge in [0.2, 0.25) is 9.84 Å². The van der Waals surface area contributed by atoms with Crippen LogP contribution in [0.15, 0.2) is 61.2 Å². The molecule has 132 valence electrons.